The molecule has 0 fully saturated rings. The van der Waals surface area contributed by atoms with Crippen LogP contribution in [0.5, 0.6) is 0 Å². The highest BCUT2D eigenvalue weighted by atomic mass is 16.5. The Labute approximate surface area is 66.6 Å². The number of hydrogen-bond donors (Lipinski definition) is 1. The van der Waals surface area contributed by atoms with Crippen molar-refractivity contribution in [2.24, 2.45) is 5.73 Å². The number of nitrogens with two attached hydrogens (primary N) is 1. The quantitative estimate of drug-likeness (QED) is 0.581. The molecule has 0 atom stereocenters. The third-order valence-electron chi connectivity index (χ3n) is 1.23. The first-order chi connectivity index (χ1) is 5.22. The van der Waals surface area contributed by atoms with Gasteiger partial charge in [-0.1, -0.05) is 6.08 Å². The minimum absolute atomic E-state index is 0.443. The lowest BCUT2D eigenvalue weighted by atomic mass is 10.5. The Kier molecular flexibility index (Phi) is 5.20. The summed E-state index contributed by atoms with van der Waals surface area (Å²) >= 11 is 0. The van der Waals surface area contributed by atoms with Crippen LogP contribution in [0, 0.1) is 0 Å². The summed E-state index contributed by atoms with van der Waals surface area (Å²) in [5.74, 6) is 0. The van der Waals surface area contributed by atoms with E-state index in [0.29, 0.717) is 19.7 Å². The SMILES string of the molecule is C=CCN(CCOC)C(N)=O. The molecule has 0 spiro atoms. The lowest BCUT2D eigenvalue weighted by Crippen LogP contribution is -2.38. The summed E-state index contributed by atoms with van der Waals surface area (Å²) in [6.07, 6.45) is 1.63. The highest BCUT2D eigenvalue weighted by Gasteiger charge is 2.05. The van der Waals surface area contributed by atoms with Crippen LogP contribution in [-0.2, 0) is 4.74 Å². The topological polar surface area (TPSA) is 55.6 Å². The van der Waals surface area contributed by atoms with Crippen LogP contribution >= 0.6 is 0 Å². The van der Waals surface area contributed by atoms with E-state index >= 15 is 0 Å². The first-order valence-electron chi connectivity index (χ1n) is 3.36. The van der Waals surface area contributed by atoms with Crippen LogP contribution in [0.4, 0.5) is 4.79 Å². The van der Waals surface area contributed by atoms with Crippen molar-refractivity contribution in [2.45, 2.75) is 0 Å². The molecule has 0 rings (SSSR count). The molecule has 4 nitrogen and oxygen atoms in total. The maximum atomic E-state index is 10.6. The molecule has 0 bridgehead atoms. The normalized spacial score (nSPS) is 9.18. The number of nitrogens with zero attached hydrogens (tertiary/aromatic N) is 1. The summed E-state index contributed by atoms with van der Waals surface area (Å²) in [5, 5.41) is 0. The fourth-order valence-corrected chi connectivity index (χ4v) is 0.649. The number of carbonyl (C=O) groups excluding carboxylic acids is 1. The Bertz CT molecular complexity index is 136. The van der Waals surface area contributed by atoms with Crippen molar-refractivity contribution in [1.82, 2.24) is 4.90 Å². The smallest absolute Gasteiger partial charge is 0.315 e. The van der Waals surface area contributed by atoms with Gasteiger partial charge in [0, 0.05) is 20.2 Å². The van der Waals surface area contributed by atoms with Crippen LogP contribution < -0.4 is 5.73 Å². The molecule has 0 aromatic heterocycles. The van der Waals surface area contributed by atoms with Crippen LogP contribution in [0.25, 0.3) is 0 Å². The van der Waals surface area contributed by atoms with Gasteiger partial charge < -0.3 is 15.4 Å². The highest BCUT2D eigenvalue weighted by molar-refractivity contribution is 5.72. The maximum Gasteiger partial charge on any atom is 0.315 e. The van der Waals surface area contributed by atoms with E-state index in [2.05, 4.69) is 6.58 Å². The largest absolute Gasteiger partial charge is 0.383 e. The van der Waals surface area contributed by atoms with E-state index in [9.17, 15) is 4.79 Å². The van der Waals surface area contributed by atoms with Crippen molar-refractivity contribution in [1.29, 1.82) is 0 Å². The average Bonchev–Trinajstić information content (AvgIpc) is 1.97. The first kappa shape index (κ1) is 9.97. The van der Waals surface area contributed by atoms with Crippen molar-refractivity contribution in [3.63, 3.8) is 0 Å². The number of methoxy groups -OCH3 is 1. The summed E-state index contributed by atoms with van der Waals surface area (Å²) in [5.41, 5.74) is 5.05. The van der Waals surface area contributed by atoms with Crippen LogP contribution in [0.3, 0.4) is 0 Å². The minimum Gasteiger partial charge on any atom is -0.383 e. The van der Waals surface area contributed by atoms with Gasteiger partial charge >= 0.3 is 6.03 Å². The lowest BCUT2D eigenvalue weighted by Gasteiger charge is -2.17. The highest BCUT2D eigenvalue weighted by Crippen LogP contribution is 1.87. The fraction of sp³-hybridized carbons (Fsp3) is 0.571. The second kappa shape index (κ2) is 5.73. The Balaban J connectivity index is 3.69. The number of hydrogen-bond acceptors (Lipinski definition) is 2. The molecule has 0 saturated heterocycles. The Morgan fingerprint density at radius 1 is 1.82 bits per heavy atom. The molecule has 0 heterocycles. The molecule has 0 aliphatic heterocycles. The van der Waals surface area contributed by atoms with Crippen molar-refractivity contribution >= 4 is 6.03 Å². The molecule has 0 unspecified atom stereocenters. The molecule has 4 heteroatoms. The predicted octanol–water partition coefficient (Wildman–Crippen LogP) is 0.199. The summed E-state index contributed by atoms with van der Waals surface area (Å²) in [6, 6.07) is -0.443. The zero-order valence-electron chi connectivity index (χ0n) is 6.75. The van der Waals surface area contributed by atoms with E-state index in [1.807, 2.05) is 0 Å². The fourth-order valence-electron chi connectivity index (χ4n) is 0.649. The molecule has 0 aromatic rings. The van der Waals surface area contributed by atoms with Gasteiger partial charge in [0.05, 0.1) is 6.61 Å². The van der Waals surface area contributed by atoms with Gasteiger partial charge in [-0.05, 0) is 0 Å². The molecule has 0 aliphatic carbocycles. The van der Waals surface area contributed by atoms with Crippen LogP contribution in [0.2, 0.25) is 0 Å². The number of ether oxygens (including phenoxy) is 1. The number of primary amides is 1. The molecule has 64 valence electrons. The van der Waals surface area contributed by atoms with Gasteiger partial charge in [-0.25, -0.2) is 4.79 Å². The molecule has 0 aliphatic rings. The third-order valence-corrected chi connectivity index (χ3v) is 1.23. The molecule has 2 N–H and O–H groups in total. The van der Waals surface area contributed by atoms with E-state index in [4.69, 9.17) is 10.5 Å². The molecule has 11 heavy (non-hydrogen) atoms. The van der Waals surface area contributed by atoms with Crippen LogP contribution in [0.1, 0.15) is 0 Å². The van der Waals surface area contributed by atoms with E-state index in [0.717, 1.165) is 0 Å². The van der Waals surface area contributed by atoms with Gasteiger partial charge in [0.1, 0.15) is 0 Å². The summed E-state index contributed by atoms with van der Waals surface area (Å²) in [4.78, 5) is 12.1. The molecule has 0 saturated carbocycles. The van der Waals surface area contributed by atoms with Gasteiger partial charge in [0.25, 0.3) is 0 Å². The summed E-state index contributed by atoms with van der Waals surface area (Å²) in [6.45, 7) is 4.98. The van der Waals surface area contributed by atoms with Crippen molar-refractivity contribution in [2.75, 3.05) is 26.8 Å². The Morgan fingerprint density at radius 3 is 2.82 bits per heavy atom. The third kappa shape index (κ3) is 4.38. The van der Waals surface area contributed by atoms with E-state index in [1.54, 1.807) is 13.2 Å². The molecular formula is C7H14N2O2. The minimum atomic E-state index is -0.443. The van der Waals surface area contributed by atoms with Crippen molar-refractivity contribution in [3.8, 4) is 0 Å². The van der Waals surface area contributed by atoms with Crippen molar-refractivity contribution < 1.29 is 9.53 Å². The first-order valence-corrected chi connectivity index (χ1v) is 3.36. The lowest BCUT2D eigenvalue weighted by molar-refractivity contribution is 0.158. The average molecular weight is 158 g/mol. The van der Waals surface area contributed by atoms with Crippen molar-refractivity contribution in [3.05, 3.63) is 12.7 Å². The number of amides is 2. The maximum absolute atomic E-state index is 10.6. The molecular weight excluding hydrogens is 144 g/mol. The second-order valence-corrected chi connectivity index (χ2v) is 2.07. The number of carbonyl (C=O) groups is 1. The standard InChI is InChI=1S/C7H14N2O2/c1-3-4-9(7(8)10)5-6-11-2/h3H,1,4-6H2,2H3,(H2,8,10). The van der Waals surface area contributed by atoms with E-state index in [1.165, 1.54) is 4.90 Å². The number of urea groups is 1. The van der Waals surface area contributed by atoms with Gasteiger partial charge in [0.15, 0.2) is 0 Å². The van der Waals surface area contributed by atoms with Gasteiger partial charge in [-0.15, -0.1) is 6.58 Å². The Morgan fingerprint density at radius 2 is 2.45 bits per heavy atom. The number of rotatable bonds is 5. The van der Waals surface area contributed by atoms with Crippen LogP contribution in [-0.4, -0.2) is 37.7 Å². The van der Waals surface area contributed by atoms with Gasteiger partial charge in [0.2, 0.25) is 0 Å². The van der Waals surface area contributed by atoms with Gasteiger partial charge in [-0.2, -0.15) is 0 Å². The Hall–Kier alpha value is -1.03. The zero-order chi connectivity index (χ0) is 8.69. The summed E-state index contributed by atoms with van der Waals surface area (Å²) < 4.78 is 4.79. The molecule has 2 amide bonds. The predicted molar refractivity (Wildman–Crippen MR) is 43.2 cm³/mol. The molecule has 0 aromatic carbocycles. The second-order valence-electron chi connectivity index (χ2n) is 2.07. The molecule has 0 radical (unpaired) electrons. The zero-order valence-corrected chi connectivity index (χ0v) is 6.75. The van der Waals surface area contributed by atoms with E-state index < -0.39 is 6.03 Å². The summed E-state index contributed by atoms with van der Waals surface area (Å²) in [7, 11) is 1.58. The van der Waals surface area contributed by atoms with E-state index in [-0.39, 0.29) is 0 Å². The van der Waals surface area contributed by atoms with Crippen LogP contribution in [0.15, 0.2) is 12.7 Å². The van der Waals surface area contributed by atoms with Gasteiger partial charge in [-0.3, -0.25) is 0 Å². The monoisotopic (exact) mass is 158 g/mol.